The molecule has 0 radical (unpaired) electrons. The van der Waals surface area contributed by atoms with E-state index in [1.807, 2.05) is 13.8 Å². The van der Waals surface area contributed by atoms with Gasteiger partial charge in [0, 0.05) is 22.6 Å². The molecule has 2 atom stereocenters. The van der Waals surface area contributed by atoms with Crippen LogP contribution in [-0.4, -0.2) is 23.1 Å². The lowest BCUT2D eigenvalue weighted by Crippen LogP contribution is -2.43. The summed E-state index contributed by atoms with van der Waals surface area (Å²) in [5.74, 6) is -1.91. The fourth-order valence-corrected chi connectivity index (χ4v) is 4.13. The fraction of sp³-hybridized carbons (Fsp3) is 0.533. The van der Waals surface area contributed by atoms with Gasteiger partial charge in [-0.2, -0.15) is 0 Å². The van der Waals surface area contributed by atoms with Crippen LogP contribution in [0.3, 0.4) is 0 Å². The van der Waals surface area contributed by atoms with E-state index in [9.17, 15) is 8.78 Å². The quantitative estimate of drug-likeness (QED) is 0.833. The first-order chi connectivity index (χ1) is 10.2. The average molecular weight is 329 g/mol. The molecule has 1 aliphatic rings. The van der Waals surface area contributed by atoms with Crippen molar-refractivity contribution in [2.24, 2.45) is 10.7 Å². The van der Waals surface area contributed by atoms with E-state index in [1.54, 1.807) is 6.92 Å². The van der Waals surface area contributed by atoms with Crippen LogP contribution in [-0.2, 0) is 10.3 Å². The summed E-state index contributed by atoms with van der Waals surface area (Å²) in [6.45, 7) is 6.65. The molecule has 22 heavy (non-hydrogen) atoms. The summed E-state index contributed by atoms with van der Waals surface area (Å²) in [7, 11) is 0. The minimum Gasteiger partial charge on any atom is -0.399 e. The van der Waals surface area contributed by atoms with Gasteiger partial charge < -0.3 is 16.2 Å². The minimum absolute atomic E-state index is 0.121. The van der Waals surface area contributed by atoms with E-state index in [2.05, 4.69) is 4.99 Å². The van der Waals surface area contributed by atoms with Crippen LogP contribution in [0.15, 0.2) is 17.1 Å². The van der Waals surface area contributed by atoms with Crippen LogP contribution in [0.25, 0.3) is 0 Å². The van der Waals surface area contributed by atoms with Crippen LogP contribution < -0.4 is 11.5 Å². The van der Waals surface area contributed by atoms with Gasteiger partial charge in [-0.3, -0.25) is 4.99 Å². The summed E-state index contributed by atoms with van der Waals surface area (Å²) < 4.78 is 33.1. The number of nitrogen functional groups attached to an aromatic ring is 1. The summed E-state index contributed by atoms with van der Waals surface area (Å²) in [5, 5.41) is 0.332. The van der Waals surface area contributed by atoms with Crippen molar-refractivity contribution >= 4 is 22.6 Å². The van der Waals surface area contributed by atoms with Crippen LogP contribution in [0.5, 0.6) is 0 Å². The second kappa shape index (κ2) is 6.04. The molecule has 1 aromatic rings. The number of ether oxygens (including phenoxy) is 1. The summed E-state index contributed by atoms with van der Waals surface area (Å²) in [6.07, 6.45) is 0.463. The van der Waals surface area contributed by atoms with Crippen molar-refractivity contribution in [1.82, 2.24) is 0 Å². The molecule has 0 spiro atoms. The molecule has 0 fully saturated rings. The minimum atomic E-state index is -0.985. The molecule has 4 nitrogen and oxygen atoms in total. The number of benzene rings is 1. The highest BCUT2D eigenvalue weighted by atomic mass is 32.2. The van der Waals surface area contributed by atoms with Crippen LogP contribution >= 0.6 is 11.8 Å². The molecule has 0 aromatic heterocycles. The van der Waals surface area contributed by atoms with Crippen LogP contribution in [0.1, 0.15) is 32.8 Å². The first kappa shape index (κ1) is 17.0. The zero-order chi connectivity index (χ0) is 16.5. The first-order valence-corrected chi connectivity index (χ1v) is 7.88. The smallest absolute Gasteiger partial charge is 0.164 e. The predicted molar refractivity (Wildman–Crippen MR) is 86.9 cm³/mol. The van der Waals surface area contributed by atoms with Crippen molar-refractivity contribution in [3.8, 4) is 0 Å². The SMILES string of the molecule is CCOC[C@@]1(C)C[C@@](C)(c2cc(N)cc(F)c2F)N=C(N)S1. The Morgan fingerprint density at radius 2 is 2.00 bits per heavy atom. The molecular weight excluding hydrogens is 308 g/mol. The normalized spacial score (nSPS) is 28.5. The highest BCUT2D eigenvalue weighted by Gasteiger charge is 2.43. The van der Waals surface area contributed by atoms with Crippen molar-refractivity contribution in [2.45, 2.75) is 37.5 Å². The van der Waals surface area contributed by atoms with Crippen LogP contribution in [0.2, 0.25) is 0 Å². The Morgan fingerprint density at radius 3 is 2.64 bits per heavy atom. The van der Waals surface area contributed by atoms with Crippen molar-refractivity contribution in [3.05, 3.63) is 29.3 Å². The second-order valence-electron chi connectivity index (χ2n) is 5.95. The molecule has 0 saturated heterocycles. The van der Waals surface area contributed by atoms with Gasteiger partial charge in [-0.15, -0.1) is 0 Å². The van der Waals surface area contributed by atoms with E-state index in [0.29, 0.717) is 24.8 Å². The average Bonchev–Trinajstić information content (AvgIpc) is 2.39. The maximum atomic E-state index is 14.3. The van der Waals surface area contributed by atoms with Gasteiger partial charge in [-0.1, -0.05) is 11.8 Å². The van der Waals surface area contributed by atoms with Crippen LogP contribution in [0, 0.1) is 11.6 Å². The molecule has 0 unspecified atom stereocenters. The Labute approximate surface area is 133 Å². The topological polar surface area (TPSA) is 73.6 Å². The van der Waals surface area contributed by atoms with Crippen molar-refractivity contribution in [3.63, 3.8) is 0 Å². The lowest BCUT2D eigenvalue weighted by molar-refractivity contribution is 0.116. The van der Waals surface area contributed by atoms with Gasteiger partial charge in [-0.05, 0) is 39.3 Å². The maximum absolute atomic E-state index is 14.3. The van der Waals surface area contributed by atoms with Crippen molar-refractivity contribution < 1.29 is 13.5 Å². The highest BCUT2D eigenvalue weighted by Crippen LogP contribution is 2.46. The van der Waals surface area contributed by atoms with Crippen molar-refractivity contribution in [2.75, 3.05) is 18.9 Å². The van der Waals surface area contributed by atoms with Gasteiger partial charge in [0.2, 0.25) is 0 Å². The highest BCUT2D eigenvalue weighted by molar-refractivity contribution is 8.15. The number of halogens is 2. The molecule has 0 amide bonds. The number of thioether (sulfide) groups is 1. The number of nitrogens with two attached hydrogens (primary N) is 2. The molecular formula is C15H21F2N3OS. The number of nitrogens with zero attached hydrogens (tertiary/aromatic N) is 1. The predicted octanol–water partition coefficient (Wildman–Crippen LogP) is 3.01. The summed E-state index contributed by atoms with van der Waals surface area (Å²) in [6, 6.07) is 2.39. The fourth-order valence-electron chi connectivity index (χ4n) is 2.88. The van der Waals surface area contributed by atoms with Gasteiger partial charge in [0.15, 0.2) is 16.8 Å². The van der Waals surface area contributed by atoms with Crippen molar-refractivity contribution in [1.29, 1.82) is 0 Å². The van der Waals surface area contributed by atoms with Gasteiger partial charge in [-0.25, -0.2) is 8.78 Å². The molecule has 1 aromatic carbocycles. The van der Waals surface area contributed by atoms with Gasteiger partial charge in [0.25, 0.3) is 0 Å². The molecule has 4 N–H and O–H groups in total. The van der Waals surface area contributed by atoms with Gasteiger partial charge >= 0.3 is 0 Å². The second-order valence-corrected chi connectivity index (χ2v) is 7.56. The van der Waals surface area contributed by atoms with E-state index in [4.69, 9.17) is 16.2 Å². The third-order valence-electron chi connectivity index (χ3n) is 3.67. The third-order valence-corrected chi connectivity index (χ3v) is 4.72. The molecule has 1 aliphatic heterocycles. The Bertz CT molecular complexity index is 611. The van der Waals surface area contributed by atoms with Gasteiger partial charge in [0.05, 0.1) is 12.1 Å². The standard InChI is InChI=1S/C15H21F2N3OS/c1-4-21-8-14(2)7-15(3,20-13(19)22-14)10-5-9(18)6-11(16)12(10)17/h5-6H,4,7-8,18H2,1-3H3,(H2,19,20)/t14-,15+/m1/s1. The van der Waals surface area contributed by atoms with E-state index >= 15 is 0 Å². The largest absolute Gasteiger partial charge is 0.399 e. The van der Waals surface area contributed by atoms with E-state index < -0.39 is 17.2 Å². The molecule has 1 heterocycles. The molecule has 0 bridgehead atoms. The first-order valence-electron chi connectivity index (χ1n) is 7.06. The Morgan fingerprint density at radius 1 is 1.32 bits per heavy atom. The Hall–Kier alpha value is -1.34. The van der Waals surface area contributed by atoms with E-state index in [1.165, 1.54) is 17.8 Å². The monoisotopic (exact) mass is 329 g/mol. The van der Waals surface area contributed by atoms with Crippen LogP contribution in [0.4, 0.5) is 14.5 Å². The summed E-state index contributed by atoms with van der Waals surface area (Å²) in [4.78, 5) is 4.37. The Balaban J connectivity index is 2.46. The van der Waals surface area contributed by atoms with Gasteiger partial charge in [0.1, 0.15) is 0 Å². The summed E-state index contributed by atoms with van der Waals surface area (Å²) >= 11 is 1.40. The number of hydrogen-bond acceptors (Lipinski definition) is 5. The molecule has 0 saturated carbocycles. The maximum Gasteiger partial charge on any atom is 0.164 e. The lowest BCUT2D eigenvalue weighted by Gasteiger charge is -2.41. The van der Waals surface area contributed by atoms with E-state index in [-0.39, 0.29) is 16.0 Å². The zero-order valence-electron chi connectivity index (χ0n) is 13.0. The Kier molecular flexibility index (Phi) is 4.67. The number of amidine groups is 1. The summed E-state index contributed by atoms with van der Waals surface area (Å²) in [5.41, 5.74) is 10.9. The van der Waals surface area contributed by atoms with E-state index in [0.717, 1.165) is 6.07 Å². The molecule has 2 rings (SSSR count). The number of hydrogen-bond donors (Lipinski definition) is 2. The number of aliphatic imine (C=N–C) groups is 1. The molecule has 7 heteroatoms. The molecule has 122 valence electrons. The third kappa shape index (κ3) is 3.35. The lowest BCUT2D eigenvalue weighted by atomic mass is 9.83. The molecule has 0 aliphatic carbocycles. The number of anilines is 1. The number of rotatable bonds is 4. The zero-order valence-corrected chi connectivity index (χ0v) is 13.8.